The van der Waals surface area contributed by atoms with Crippen molar-refractivity contribution >= 4 is 11.6 Å². The van der Waals surface area contributed by atoms with Crippen LogP contribution in [-0.2, 0) is 0 Å². The topological polar surface area (TPSA) is 25.2 Å². The number of nitrogens with one attached hydrogen (secondary N) is 1. The van der Waals surface area contributed by atoms with E-state index in [1.165, 1.54) is 16.7 Å². The average Bonchev–Trinajstić information content (AvgIpc) is 2.76. The first-order chi connectivity index (χ1) is 8.61. The zero-order chi connectivity index (χ0) is 13.1. The Hall–Kier alpha value is -1.25. The number of hydrogen-bond acceptors (Lipinski definition) is 2. The molecular weight excluding hydrogens is 246 g/mol. The molecule has 0 radical (unpaired) electrons. The minimum atomic E-state index is 0.0572. The standard InChI is InChI=1S/C15H18ClNO/c1-4-17-15(13-7-8-14(16)18-13)12-6-5-10(2)11(3)9-12/h5-9,15,17H,4H2,1-3H3. The van der Waals surface area contributed by atoms with Gasteiger partial charge in [0.1, 0.15) is 5.76 Å². The highest BCUT2D eigenvalue weighted by atomic mass is 35.5. The molecule has 0 saturated heterocycles. The summed E-state index contributed by atoms with van der Waals surface area (Å²) >= 11 is 5.85. The van der Waals surface area contributed by atoms with Crippen molar-refractivity contribution in [3.05, 3.63) is 58.0 Å². The van der Waals surface area contributed by atoms with Crippen molar-refractivity contribution < 1.29 is 4.42 Å². The fourth-order valence-electron chi connectivity index (χ4n) is 2.01. The Bertz CT molecular complexity index is 533. The molecule has 0 spiro atoms. The van der Waals surface area contributed by atoms with Gasteiger partial charge in [0.05, 0.1) is 6.04 Å². The lowest BCUT2D eigenvalue weighted by atomic mass is 9.99. The van der Waals surface area contributed by atoms with Gasteiger partial charge in [-0.3, -0.25) is 0 Å². The Morgan fingerprint density at radius 2 is 1.94 bits per heavy atom. The smallest absolute Gasteiger partial charge is 0.193 e. The fourth-order valence-corrected chi connectivity index (χ4v) is 2.17. The van der Waals surface area contributed by atoms with Crippen LogP contribution in [0.25, 0.3) is 0 Å². The predicted molar refractivity (Wildman–Crippen MR) is 75.2 cm³/mol. The molecule has 96 valence electrons. The number of halogens is 1. The van der Waals surface area contributed by atoms with Crippen molar-refractivity contribution in [2.45, 2.75) is 26.8 Å². The van der Waals surface area contributed by atoms with Crippen molar-refractivity contribution in [1.82, 2.24) is 5.32 Å². The number of benzene rings is 1. The molecule has 1 N–H and O–H groups in total. The van der Waals surface area contributed by atoms with Crippen LogP contribution in [-0.4, -0.2) is 6.54 Å². The highest BCUT2D eigenvalue weighted by Gasteiger charge is 2.17. The van der Waals surface area contributed by atoms with Crippen LogP contribution in [0.15, 0.2) is 34.7 Å². The van der Waals surface area contributed by atoms with E-state index in [0.29, 0.717) is 5.22 Å². The molecule has 0 amide bonds. The van der Waals surface area contributed by atoms with E-state index in [1.54, 1.807) is 6.07 Å². The van der Waals surface area contributed by atoms with Crippen molar-refractivity contribution in [1.29, 1.82) is 0 Å². The largest absolute Gasteiger partial charge is 0.448 e. The summed E-state index contributed by atoms with van der Waals surface area (Å²) in [7, 11) is 0. The molecule has 0 aliphatic carbocycles. The SMILES string of the molecule is CCNC(c1ccc(C)c(C)c1)c1ccc(Cl)o1. The van der Waals surface area contributed by atoms with Crippen LogP contribution >= 0.6 is 11.6 Å². The fraction of sp³-hybridized carbons (Fsp3) is 0.333. The van der Waals surface area contributed by atoms with E-state index in [2.05, 4.69) is 44.3 Å². The summed E-state index contributed by atoms with van der Waals surface area (Å²) < 4.78 is 5.53. The molecule has 0 saturated carbocycles. The van der Waals surface area contributed by atoms with Gasteiger partial charge < -0.3 is 9.73 Å². The summed E-state index contributed by atoms with van der Waals surface area (Å²) in [4.78, 5) is 0. The van der Waals surface area contributed by atoms with Gasteiger partial charge >= 0.3 is 0 Å². The molecule has 0 aliphatic heterocycles. The number of hydrogen-bond donors (Lipinski definition) is 1. The van der Waals surface area contributed by atoms with Crippen molar-refractivity contribution in [2.24, 2.45) is 0 Å². The Labute approximate surface area is 113 Å². The molecule has 1 aromatic carbocycles. The van der Waals surface area contributed by atoms with Gasteiger partial charge in [0.2, 0.25) is 0 Å². The second kappa shape index (κ2) is 5.59. The number of rotatable bonds is 4. The number of aryl methyl sites for hydroxylation is 2. The van der Waals surface area contributed by atoms with Crippen LogP contribution in [0, 0.1) is 13.8 Å². The normalized spacial score (nSPS) is 12.7. The molecule has 0 aliphatic rings. The monoisotopic (exact) mass is 263 g/mol. The second-order valence-electron chi connectivity index (χ2n) is 4.48. The summed E-state index contributed by atoms with van der Waals surface area (Å²) in [5, 5.41) is 3.85. The zero-order valence-corrected chi connectivity index (χ0v) is 11.7. The highest BCUT2D eigenvalue weighted by Crippen LogP contribution is 2.27. The lowest BCUT2D eigenvalue weighted by Crippen LogP contribution is -2.21. The van der Waals surface area contributed by atoms with Crippen LogP contribution in [0.5, 0.6) is 0 Å². The molecule has 3 heteroatoms. The van der Waals surface area contributed by atoms with Gasteiger partial charge in [0.25, 0.3) is 0 Å². The van der Waals surface area contributed by atoms with E-state index in [-0.39, 0.29) is 6.04 Å². The van der Waals surface area contributed by atoms with Crippen LogP contribution in [0.3, 0.4) is 0 Å². The molecule has 0 fully saturated rings. The molecule has 1 atom stereocenters. The quantitative estimate of drug-likeness (QED) is 0.892. The maximum Gasteiger partial charge on any atom is 0.193 e. The van der Waals surface area contributed by atoms with Gasteiger partial charge in [0, 0.05) is 0 Å². The van der Waals surface area contributed by atoms with Crippen LogP contribution in [0.4, 0.5) is 0 Å². The molecule has 0 bridgehead atoms. The second-order valence-corrected chi connectivity index (χ2v) is 4.85. The highest BCUT2D eigenvalue weighted by molar-refractivity contribution is 6.28. The molecule has 2 rings (SSSR count). The number of furan rings is 1. The van der Waals surface area contributed by atoms with E-state index < -0.39 is 0 Å². The van der Waals surface area contributed by atoms with Gasteiger partial charge in [-0.25, -0.2) is 0 Å². The van der Waals surface area contributed by atoms with Crippen LogP contribution in [0.2, 0.25) is 5.22 Å². The Morgan fingerprint density at radius 3 is 2.50 bits per heavy atom. The van der Waals surface area contributed by atoms with E-state index >= 15 is 0 Å². The van der Waals surface area contributed by atoms with E-state index in [4.69, 9.17) is 16.0 Å². The molecule has 1 aromatic heterocycles. The first kappa shape index (κ1) is 13.2. The Kier molecular flexibility index (Phi) is 4.10. The van der Waals surface area contributed by atoms with Gasteiger partial charge in [-0.15, -0.1) is 0 Å². The summed E-state index contributed by atoms with van der Waals surface area (Å²) in [5.74, 6) is 0.852. The zero-order valence-electron chi connectivity index (χ0n) is 11.0. The van der Waals surface area contributed by atoms with Crippen molar-refractivity contribution in [2.75, 3.05) is 6.54 Å². The minimum Gasteiger partial charge on any atom is -0.448 e. The third kappa shape index (κ3) is 2.77. The maximum absolute atomic E-state index is 5.85. The minimum absolute atomic E-state index is 0.0572. The predicted octanol–water partition coefficient (Wildman–Crippen LogP) is 4.25. The van der Waals surface area contributed by atoms with E-state index in [9.17, 15) is 0 Å². The van der Waals surface area contributed by atoms with Crippen molar-refractivity contribution in [3.8, 4) is 0 Å². The van der Waals surface area contributed by atoms with Crippen LogP contribution in [0.1, 0.15) is 35.4 Å². The average molecular weight is 264 g/mol. The van der Waals surface area contributed by atoms with Gasteiger partial charge in [-0.05, 0) is 60.8 Å². The third-order valence-corrected chi connectivity index (χ3v) is 3.35. The van der Waals surface area contributed by atoms with Gasteiger partial charge in [0.15, 0.2) is 5.22 Å². The lowest BCUT2D eigenvalue weighted by molar-refractivity contribution is 0.453. The van der Waals surface area contributed by atoms with Gasteiger partial charge in [-0.2, -0.15) is 0 Å². The Morgan fingerprint density at radius 1 is 1.17 bits per heavy atom. The molecule has 2 aromatic rings. The summed E-state index contributed by atoms with van der Waals surface area (Å²) in [6.45, 7) is 7.19. The molecule has 1 heterocycles. The molecule has 18 heavy (non-hydrogen) atoms. The third-order valence-electron chi connectivity index (χ3n) is 3.15. The van der Waals surface area contributed by atoms with Crippen LogP contribution < -0.4 is 5.32 Å². The first-order valence-electron chi connectivity index (χ1n) is 6.17. The van der Waals surface area contributed by atoms with E-state index in [1.807, 2.05) is 6.07 Å². The summed E-state index contributed by atoms with van der Waals surface area (Å²) in [6, 6.07) is 10.2. The van der Waals surface area contributed by atoms with Gasteiger partial charge in [-0.1, -0.05) is 25.1 Å². The molecule has 2 nitrogen and oxygen atoms in total. The van der Waals surface area contributed by atoms with E-state index in [0.717, 1.165) is 12.3 Å². The molecule has 1 unspecified atom stereocenters. The summed E-state index contributed by atoms with van der Waals surface area (Å²) in [6.07, 6.45) is 0. The first-order valence-corrected chi connectivity index (χ1v) is 6.55. The molecular formula is C15H18ClNO. The Balaban J connectivity index is 2.37. The van der Waals surface area contributed by atoms with Crippen molar-refractivity contribution in [3.63, 3.8) is 0 Å². The maximum atomic E-state index is 5.85. The summed E-state index contributed by atoms with van der Waals surface area (Å²) in [5.41, 5.74) is 3.78. The lowest BCUT2D eigenvalue weighted by Gasteiger charge is -2.17.